The van der Waals surface area contributed by atoms with Crippen molar-refractivity contribution in [3.63, 3.8) is 0 Å². The Morgan fingerprint density at radius 3 is 2.56 bits per heavy atom. The van der Waals surface area contributed by atoms with E-state index in [0.29, 0.717) is 32.5 Å². The van der Waals surface area contributed by atoms with Crippen LogP contribution in [0.25, 0.3) is 0 Å². The normalized spacial score (nSPS) is 45.5. The molecule has 2 aliphatic carbocycles. The van der Waals surface area contributed by atoms with Crippen molar-refractivity contribution in [3.05, 3.63) is 36.0 Å². The first kappa shape index (κ1) is 30.4. The SMILES string of the molecule is CC1=CC2OC3CC4OC(=O)/C=C\C=C\C(C(C)O)OCCC(C)C(OC(C)C)C(=O)OCC2(CC1)C4(C)C31CO1. The number of hydrogen-bond donors (Lipinski definition) is 1. The summed E-state index contributed by atoms with van der Waals surface area (Å²) in [6.45, 7) is 12.6. The molecule has 5 aliphatic rings. The third-order valence-electron chi connectivity index (χ3n) is 10.1. The van der Waals surface area contributed by atoms with Crippen molar-refractivity contribution in [1.29, 1.82) is 0 Å². The van der Waals surface area contributed by atoms with Gasteiger partial charge in [0.1, 0.15) is 24.4 Å². The van der Waals surface area contributed by atoms with Gasteiger partial charge >= 0.3 is 11.9 Å². The van der Waals surface area contributed by atoms with Gasteiger partial charge in [-0.25, -0.2) is 9.59 Å². The van der Waals surface area contributed by atoms with Crippen LogP contribution >= 0.6 is 0 Å². The molecule has 3 heterocycles. The molecule has 5 rings (SSSR count). The van der Waals surface area contributed by atoms with Crippen LogP contribution in [0.4, 0.5) is 0 Å². The van der Waals surface area contributed by atoms with Crippen LogP contribution in [0.1, 0.15) is 67.2 Å². The van der Waals surface area contributed by atoms with E-state index >= 15 is 0 Å². The molecule has 10 unspecified atom stereocenters. The van der Waals surface area contributed by atoms with Crippen LogP contribution in [-0.2, 0) is 38.0 Å². The molecular weight excluding hydrogens is 528 g/mol. The van der Waals surface area contributed by atoms with Crippen molar-refractivity contribution in [3.8, 4) is 0 Å². The average Bonchev–Trinajstić information content (AvgIpc) is 3.69. The molecule has 0 aromatic heterocycles. The molecule has 2 saturated heterocycles. The minimum absolute atomic E-state index is 0.104. The van der Waals surface area contributed by atoms with Crippen molar-refractivity contribution in [2.45, 2.75) is 116 Å². The van der Waals surface area contributed by atoms with E-state index in [9.17, 15) is 14.7 Å². The van der Waals surface area contributed by atoms with Crippen molar-refractivity contribution < 1.29 is 43.1 Å². The van der Waals surface area contributed by atoms with E-state index in [1.807, 2.05) is 20.8 Å². The number of esters is 2. The Labute approximate surface area is 243 Å². The maximum atomic E-state index is 13.7. The second kappa shape index (κ2) is 11.6. The molecule has 228 valence electrons. The summed E-state index contributed by atoms with van der Waals surface area (Å²) >= 11 is 0. The van der Waals surface area contributed by atoms with E-state index in [0.717, 1.165) is 6.42 Å². The lowest BCUT2D eigenvalue weighted by Gasteiger charge is -2.58. The van der Waals surface area contributed by atoms with E-state index in [-0.39, 0.29) is 30.8 Å². The molecule has 0 radical (unpaired) electrons. The maximum absolute atomic E-state index is 13.7. The Morgan fingerprint density at radius 2 is 1.88 bits per heavy atom. The fourth-order valence-electron chi connectivity index (χ4n) is 7.52. The van der Waals surface area contributed by atoms with Crippen molar-refractivity contribution >= 4 is 11.9 Å². The van der Waals surface area contributed by atoms with Crippen molar-refractivity contribution in [1.82, 2.24) is 0 Å². The lowest BCUT2D eigenvalue weighted by Crippen LogP contribution is -2.67. The Bertz CT molecular complexity index is 1090. The van der Waals surface area contributed by atoms with E-state index in [1.165, 1.54) is 11.6 Å². The number of allylic oxidation sites excluding steroid dienone is 3. The van der Waals surface area contributed by atoms with Crippen LogP contribution in [-0.4, -0.2) is 85.2 Å². The van der Waals surface area contributed by atoms with Crippen LogP contribution in [0.3, 0.4) is 0 Å². The van der Waals surface area contributed by atoms with Gasteiger partial charge in [0, 0.05) is 24.5 Å². The number of rotatable bonds is 3. The van der Waals surface area contributed by atoms with E-state index in [4.69, 9.17) is 28.4 Å². The van der Waals surface area contributed by atoms with E-state index in [1.54, 1.807) is 25.2 Å². The first-order chi connectivity index (χ1) is 19.4. The Morgan fingerprint density at radius 1 is 1.12 bits per heavy atom. The largest absolute Gasteiger partial charge is 0.463 e. The predicted molar refractivity (Wildman–Crippen MR) is 150 cm³/mol. The van der Waals surface area contributed by atoms with E-state index in [2.05, 4.69) is 19.9 Å². The zero-order chi connectivity index (χ0) is 29.6. The Hall–Kier alpha value is -2.04. The minimum Gasteiger partial charge on any atom is -0.463 e. The quantitative estimate of drug-likeness (QED) is 0.305. The maximum Gasteiger partial charge on any atom is 0.335 e. The highest BCUT2D eigenvalue weighted by atomic mass is 16.6. The smallest absolute Gasteiger partial charge is 0.335 e. The number of carbonyl (C=O) groups excluding carboxylic acids is 2. The molecule has 9 heteroatoms. The highest BCUT2D eigenvalue weighted by molar-refractivity contribution is 5.82. The second-order valence-electron chi connectivity index (χ2n) is 13.1. The first-order valence-electron chi connectivity index (χ1n) is 15.1. The number of aliphatic hydroxyl groups excluding tert-OH is 1. The zero-order valence-corrected chi connectivity index (χ0v) is 25.2. The van der Waals surface area contributed by atoms with Gasteiger partial charge in [-0.1, -0.05) is 43.7 Å². The number of carbonyl (C=O) groups is 2. The van der Waals surface area contributed by atoms with Crippen LogP contribution in [0.15, 0.2) is 36.0 Å². The summed E-state index contributed by atoms with van der Waals surface area (Å²) in [6.07, 6.45) is 7.81. The molecule has 0 amide bonds. The van der Waals surface area contributed by atoms with Crippen LogP contribution in [0.5, 0.6) is 0 Å². The number of epoxide rings is 1. The van der Waals surface area contributed by atoms with Crippen molar-refractivity contribution in [2.75, 3.05) is 19.8 Å². The molecule has 0 aromatic carbocycles. The lowest BCUT2D eigenvalue weighted by molar-refractivity contribution is -0.235. The zero-order valence-electron chi connectivity index (χ0n) is 25.2. The van der Waals surface area contributed by atoms with Gasteiger partial charge in [0.25, 0.3) is 0 Å². The molecule has 1 N–H and O–H groups in total. The lowest BCUT2D eigenvalue weighted by atomic mass is 9.51. The highest BCUT2D eigenvalue weighted by Crippen LogP contribution is 2.72. The summed E-state index contributed by atoms with van der Waals surface area (Å²) in [5, 5.41) is 10.2. The molecule has 1 saturated carbocycles. The van der Waals surface area contributed by atoms with Gasteiger partial charge in [-0.05, 0) is 52.9 Å². The van der Waals surface area contributed by atoms with Crippen molar-refractivity contribution in [2.24, 2.45) is 16.7 Å². The molecule has 0 aromatic rings. The highest BCUT2D eigenvalue weighted by Gasteiger charge is 2.83. The first-order valence-corrected chi connectivity index (χ1v) is 15.1. The van der Waals surface area contributed by atoms with Crippen LogP contribution < -0.4 is 0 Å². The molecule has 3 aliphatic heterocycles. The fourth-order valence-corrected chi connectivity index (χ4v) is 7.52. The van der Waals surface area contributed by atoms with Gasteiger partial charge in [-0.15, -0.1) is 0 Å². The number of ether oxygens (including phenoxy) is 6. The van der Waals surface area contributed by atoms with Crippen LogP contribution in [0, 0.1) is 16.7 Å². The molecular formula is C32H46O9. The summed E-state index contributed by atoms with van der Waals surface area (Å²) in [5.74, 6) is -1.08. The van der Waals surface area contributed by atoms with Gasteiger partial charge in [0.15, 0.2) is 6.10 Å². The predicted octanol–water partition coefficient (Wildman–Crippen LogP) is 3.83. The monoisotopic (exact) mass is 574 g/mol. The minimum atomic E-state index is -0.787. The number of hydrogen-bond acceptors (Lipinski definition) is 9. The van der Waals surface area contributed by atoms with Gasteiger partial charge in [0.2, 0.25) is 0 Å². The summed E-state index contributed by atoms with van der Waals surface area (Å²) in [5.41, 5.74) is -0.644. The third-order valence-corrected chi connectivity index (χ3v) is 10.1. The molecule has 9 nitrogen and oxygen atoms in total. The van der Waals surface area contributed by atoms with Gasteiger partial charge < -0.3 is 33.5 Å². The molecule has 10 atom stereocenters. The summed E-state index contributed by atoms with van der Waals surface area (Å²) in [6, 6.07) is 0. The fraction of sp³-hybridized carbons (Fsp3) is 0.750. The molecule has 41 heavy (non-hydrogen) atoms. The second-order valence-corrected chi connectivity index (χ2v) is 13.1. The molecule has 2 bridgehead atoms. The van der Waals surface area contributed by atoms with Gasteiger partial charge in [0.05, 0.1) is 36.4 Å². The number of aliphatic hydroxyl groups is 1. The number of cyclic esters (lactones) is 1. The van der Waals surface area contributed by atoms with E-state index < -0.39 is 52.8 Å². The van der Waals surface area contributed by atoms with Gasteiger partial charge in [-0.2, -0.15) is 0 Å². The van der Waals surface area contributed by atoms with Gasteiger partial charge in [-0.3, -0.25) is 0 Å². The van der Waals surface area contributed by atoms with Crippen LogP contribution in [0.2, 0.25) is 0 Å². The molecule has 2 spiro atoms. The Kier molecular flexibility index (Phi) is 8.58. The summed E-state index contributed by atoms with van der Waals surface area (Å²) in [7, 11) is 0. The summed E-state index contributed by atoms with van der Waals surface area (Å²) < 4.78 is 37.3. The average molecular weight is 575 g/mol. The molecule has 3 fully saturated rings. The standard InChI is InChI=1S/C32H46O9/c1-19(2)39-28-21(4)12-14-36-23(22(5)33)9-7-8-10-27(34)41-24-16-26-32(18-38-32)30(24,6)31(17-37-29(28)35)13-11-20(3)15-25(31)40-26/h7-10,15,19,21-26,28,33H,11-14,16-18H2,1-6H3/b9-7+,10-8-. The Balaban J connectivity index is 1.52. The topological polar surface area (TPSA) is 113 Å². The summed E-state index contributed by atoms with van der Waals surface area (Å²) in [4.78, 5) is 26.8. The third kappa shape index (κ3) is 5.33.